The zero-order valence-corrected chi connectivity index (χ0v) is 19.8. The molecule has 0 aromatic heterocycles. The molecule has 2 unspecified atom stereocenters. The first-order valence-electron chi connectivity index (χ1n) is 9.23. The SMILES string of the molecule is C[Si](C)=[Zr+2]([CH]1C=CC2=C1CCCC2)[CH]1C=CC2=C1CCCC2.[Cl-].[Cl-]. The van der Waals surface area contributed by atoms with Crippen LogP contribution in [0.4, 0.5) is 0 Å². The van der Waals surface area contributed by atoms with E-state index in [1.54, 1.807) is 11.1 Å². The summed E-state index contributed by atoms with van der Waals surface area (Å²) in [5, 5.41) is 0. The van der Waals surface area contributed by atoms with Gasteiger partial charge in [-0.2, -0.15) is 0 Å². The van der Waals surface area contributed by atoms with E-state index in [2.05, 4.69) is 37.4 Å². The van der Waals surface area contributed by atoms with Crippen LogP contribution in [0, 0.1) is 0 Å². The standard InChI is InChI=1S/2C9H11.C2H6Si.2ClH.Zr/c2*1-2-5-9-7-3-6-8(9)4-1;1-3-2;;;/h2*3,6-7H,1-2,4-5H2;1-2H3;2*1H;/q;;;;;+2/p-2. The number of hydrogen-bond donors (Lipinski definition) is 0. The van der Waals surface area contributed by atoms with Crippen molar-refractivity contribution in [3.05, 3.63) is 46.6 Å². The van der Waals surface area contributed by atoms with Gasteiger partial charge in [-0.15, -0.1) is 0 Å². The minimum Gasteiger partial charge on any atom is -1.00 e. The Kier molecular flexibility index (Phi) is 7.88. The van der Waals surface area contributed by atoms with Crippen LogP contribution < -0.4 is 24.8 Å². The van der Waals surface area contributed by atoms with Crippen LogP contribution in [0.15, 0.2) is 46.6 Å². The number of halogens is 2. The summed E-state index contributed by atoms with van der Waals surface area (Å²) in [5.41, 5.74) is 7.25. The van der Waals surface area contributed by atoms with E-state index >= 15 is 0 Å². The molecule has 0 heterocycles. The van der Waals surface area contributed by atoms with Crippen molar-refractivity contribution >= 4 is 5.43 Å². The Bertz CT molecular complexity index is 601. The van der Waals surface area contributed by atoms with Crippen LogP contribution in [0.2, 0.25) is 20.3 Å². The van der Waals surface area contributed by atoms with Crippen molar-refractivity contribution in [1.29, 1.82) is 0 Å². The third-order valence-electron chi connectivity index (χ3n) is 6.09. The van der Waals surface area contributed by atoms with Crippen molar-refractivity contribution in [3.8, 4) is 0 Å². The third-order valence-corrected chi connectivity index (χ3v) is 25.4. The molecule has 0 aromatic rings. The molecule has 0 nitrogen and oxygen atoms in total. The zero-order chi connectivity index (χ0) is 15.1. The van der Waals surface area contributed by atoms with Gasteiger partial charge in [-0.1, -0.05) is 0 Å². The fraction of sp³-hybridized carbons (Fsp3) is 0.600. The van der Waals surface area contributed by atoms with Gasteiger partial charge < -0.3 is 24.8 Å². The smallest absolute Gasteiger partial charge is 1.00 e. The van der Waals surface area contributed by atoms with Crippen LogP contribution in [0.3, 0.4) is 0 Å². The summed E-state index contributed by atoms with van der Waals surface area (Å²) < 4.78 is 1.93. The summed E-state index contributed by atoms with van der Waals surface area (Å²) in [4.78, 5) is 0. The Morgan fingerprint density at radius 2 is 1.17 bits per heavy atom. The topological polar surface area (TPSA) is 0 Å². The average Bonchev–Trinajstić information content (AvgIpc) is 3.13. The molecule has 0 aromatic carbocycles. The Labute approximate surface area is 168 Å². The minimum absolute atomic E-state index is 0. The first kappa shape index (κ1) is 20.9. The van der Waals surface area contributed by atoms with Crippen molar-refractivity contribution in [2.24, 2.45) is 0 Å². The second-order valence-electron chi connectivity index (χ2n) is 7.64. The fourth-order valence-electron chi connectivity index (χ4n) is 5.05. The molecule has 0 saturated heterocycles. The van der Waals surface area contributed by atoms with Crippen molar-refractivity contribution < 1.29 is 45.2 Å². The quantitative estimate of drug-likeness (QED) is 0.523. The Balaban J connectivity index is 0.00000104. The molecular formula is C20H28Cl2SiZr. The second-order valence-corrected chi connectivity index (χ2v) is 25.7. The van der Waals surface area contributed by atoms with Gasteiger partial charge in [0.25, 0.3) is 0 Å². The summed E-state index contributed by atoms with van der Waals surface area (Å²) >= 11 is -1.48. The van der Waals surface area contributed by atoms with Crippen LogP contribution >= 0.6 is 0 Å². The molecule has 0 amide bonds. The van der Waals surface area contributed by atoms with Crippen molar-refractivity contribution in [2.75, 3.05) is 0 Å². The van der Waals surface area contributed by atoms with Crippen LogP contribution in [0.5, 0.6) is 0 Å². The van der Waals surface area contributed by atoms with Crippen molar-refractivity contribution in [2.45, 2.75) is 71.7 Å². The first-order chi connectivity index (χ1) is 10.8. The first-order valence-corrected chi connectivity index (χ1v) is 18.3. The van der Waals surface area contributed by atoms with Crippen molar-refractivity contribution in [1.82, 2.24) is 0 Å². The predicted octanol–water partition coefficient (Wildman–Crippen LogP) is 0.322. The van der Waals surface area contributed by atoms with Gasteiger partial charge in [0.1, 0.15) is 0 Å². The largest absolute Gasteiger partial charge is 1.00 e. The molecule has 24 heavy (non-hydrogen) atoms. The minimum atomic E-state index is -1.48. The molecule has 4 aliphatic rings. The summed E-state index contributed by atoms with van der Waals surface area (Å²) in [7, 11) is 0. The maximum absolute atomic E-state index is 2.68. The van der Waals surface area contributed by atoms with Gasteiger partial charge in [0.2, 0.25) is 0 Å². The van der Waals surface area contributed by atoms with Crippen LogP contribution in [0.25, 0.3) is 0 Å². The average molecular weight is 459 g/mol. The maximum Gasteiger partial charge on any atom is -1.00 e. The van der Waals surface area contributed by atoms with E-state index in [0.717, 1.165) is 7.25 Å². The number of hydrogen-bond acceptors (Lipinski definition) is 0. The number of rotatable bonds is 2. The second kappa shape index (κ2) is 9.03. The predicted molar refractivity (Wildman–Crippen MR) is 94.3 cm³/mol. The number of allylic oxidation sites excluding steroid dienone is 8. The molecule has 0 spiro atoms. The van der Waals surface area contributed by atoms with Crippen LogP contribution in [-0.2, 0) is 20.4 Å². The van der Waals surface area contributed by atoms with E-state index < -0.39 is 20.4 Å². The maximum atomic E-state index is 2.68. The van der Waals surface area contributed by atoms with E-state index in [-0.39, 0.29) is 30.2 Å². The van der Waals surface area contributed by atoms with E-state index in [4.69, 9.17) is 0 Å². The fourth-order valence-corrected chi connectivity index (χ4v) is 24.6. The monoisotopic (exact) mass is 456 g/mol. The van der Waals surface area contributed by atoms with Crippen molar-refractivity contribution in [3.63, 3.8) is 0 Å². The van der Waals surface area contributed by atoms with Crippen LogP contribution in [0.1, 0.15) is 51.4 Å². The third kappa shape index (κ3) is 3.83. The van der Waals surface area contributed by atoms with E-state index in [0.29, 0.717) is 0 Å². The Morgan fingerprint density at radius 3 is 1.58 bits per heavy atom. The molecule has 0 fully saturated rings. The summed E-state index contributed by atoms with van der Waals surface area (Å²) in [6.07, 6.45) is 21.8. The molecular weight excluding hydrogens is 430 g/mol. The Hall–Kier alpha value is 0.640. The molecule has 4 aliphatic carbocycles. The van der Waals surface area contributed by atoms with Gasteiger partial charge >= 0.3 is 144 Å². The Morgan fingerprint density at radius 1 is 0.750 bits per heavy atom. The van der Waals surface area contributed by atoms with E-state index in [1.807, 2.05) is 11.1 Å². The molecule has 0 aliphatic heterocycles. The molecule has 4 heteroatoms. The normalized spacial score (nSPS) is 27.0. The molecule has 4 rings (SSSR count). The van der Waals surface area contributed by atoms with Gasteiger partial charge in [0, 0.05) is 0 Å². The van der Waals surface area contributed by atoms with E-state index in [9.17, 15) is 0 Å². The van der Waals surface area contributed by atoms with Crippen LogP contribution in [-0.4, -0.2) is 5.43 Å². The molecule has 0 N–H and O–H groups in total. The summed E-state index contributed by atoms with van der Waals surface area (Å²) in [6, 6.07) is 0. The molecule has 0 saturated carbocycles. The van der Waals surface area contributed by atoms with E-state index in [1.165, 1.54) is 51.4 Å². The van der Waals surface area contributed by atoms with Gasteiger partial charge in [0.05, 0.1) is 0 Å². The summed E-state index contributed by atoms with van der Waals surface area (Å²) in [5.74, 6) is 0. The van der Waals surface area contributed by atoms with Gasteiger partial charge in [-0.05, 0) is 0 Å². The molecule has 2 atom stereocenters. The van der Waals surface area contributed by atoms with Gasteiger partial charge in [-0.25, -0.2) is 0 Å². The van der Waals surface area contributed by atoms with Gasteiger partial charge in [0.15, 0.2) is 0 Å². The molecule has 130 valence electrons. The zero-order valence-electron chi connectivity index (χ0n) is 14.9. The summed E-state index contributed by atoms with van der Waals surface area (Å²) in [6.45, 7) is 5.29. The van der Waals surface area contributed by atoms with Gasteiger partial charge in [-0.3, -0.25) is 0 Å². The molecule has 0 bridgehead atoms. The molecule has 0 radical (unpaired) electrons.